The summed E-state index contributed by atoms with van der Waals surface area (Å²) in [6.45, 7) is 1.55. The van der Waals surface area contributed by atoms with Gasteiger partial charge >= 0.3 is 0 Å². The van der Waals surface area contributed by atoms with Gasteiger partial charge in [-0.15, -0.1) is 0 Å². The summed E-state index contributed by atoms with van der Waals surface area (Å²) < 4.78 is 16.8. The molecule has 0 radical (unpaired) electrons. The van der Waals surface area contributed by atoms with Crippen LogP contribution in [0.1, 0.15) is 24.0 Å². The van der Waals surface area contributed by atoms with Crippen molar-refractivity contribution in [2.24, 2.45) is 0 Å². The molecule has 1 unspecified atom stereocenters. The molecule has 1 aliphatic heterocycles. The predicted octanol–water partition coefficient (Wildman–Crippen LogP) is 2.23. The fraction of sp³-hybridized carbons (Fsp3) is 0.391. The highest BCUT2D eigenvalue weighted by Gasteiger charge is 2.17. The van der Waals surface area contributed by atoms with Crippen LogP contribution in [0.25, 0.3) is 0 Å². The quantitative estimate of drug-likeness (QED) is 0.625. The van der Waals surface area contributed by atoms with Crippen LogP contribution in [0.3, 0.4) is 0 Å². The predicted molar refractivity (Wildman–Crippen MR) is 112 cm³/mol. The fourth-order valence-electron chi connectivity index (χ4n) is 3.19. The zero-order chi connectivity index (χ0) is 21.2. The Morgan fingerprint density at radius 2 is 1.87 bits per heavy atom. The SMILES string of the molecule is COc1cc(CNC(=O)CNC(=O)Cc2ccccc2)ccc1OCC1CCCO1. The molecular weight excluding hydrogens is 384 g/mol. The standard InChI is InChI=1S/C23H28N2O5/c1-28-21-12-18(9-10-20(21)30-16-19-8-5-11-29-19)14-24-23(27)15-25-22(26)13-17-6-3-2-4-7-17/h2-4,6-7,9-10,12,19H,5,8,11,13-16H2,1H3,(H,24,27)(H,25,26). The molecule has 3 rings (SSSR count). The van der Waals surface area contributed by atoms with Gasteiger partial charge in [-0.1, -0.05) is 36.4 Å². The highest BCUT2D eigenvalue weighted by Crippen LogP contribution is 2.29. The molecule has 160 valence electrons. The Bertz CT molecular complexity index is 835. The van der Waals surface area contributed by atoms with E-state index in [9.17, 15) is 9.59 Å². The summed E-state index contributed by atoms with van der Waals surface area (Å²) in [6, 6.07) is 14.9. The minimum atomic E-state index is -0.255. The van der Waals surface area contributed by atoms with E-state index in [0.29, 0.717) is 24.7 Å². The number of carbonyl (C=O) groups excluding carboxylic acids is 2. The largest absolute Gasteiger partial charge is 0.493 e. The number of ether oxygens (including phenoxy) is 3. The van der Waals surface area contributed by atoms with Gasteiger partial charge in [0, 0.05) is 13.2 Å². The number of amides is 2. The lowest BCUT2D eigenvalue weighted by atomic mass is 10.1. The van der Waals surface area contributed by atoms with Gasteiger partial charge in [-0.2, -0.15) is 0 Å². The van der Waals surface area contributed by atoms with E-state index < -0.39 is 0 Å². The number of carbonyl (C=O) groups is 2. The van der Waals surface area contributed by atoms with Crippen LogP contribution in [0.2, 0.25) is 0 Å². The van der Waals surface area contributed by atoms with E-state index in [2.05, 4.69) is 10.6 Å². The van der Waals surface area contributed by atoms with Crippen molar-refractivity contribution in [3.05, 3.63) is 59.7 Å². The molecule has 0 aromatic heterocycles. The molecule has 1 aliphatic rings. The zero-order valence-electron chi connectivity index (χ0n) is 17.2. The van der Waals surface area contributed by atoms with Crippen molar-refractivity contribution < 1.29 is 23.8 Å². The van der Waals surface area contributed by atoms with Crippen molar-refractivity contribution in [3.63, 3.8) is 0 Å². The molecule has 2 N–H and O–H groups in total. The van der Waals surface area contributed by atoms with Crippen molar-refractivity contribution in [2.45, 2.75) is 31.9 Å². The van der Waals surface area contributed by atoms with Gasteiger partial charge in [-0.05, 0) is 36.1 Å². The van der Waals surface area contributed by atoms with Gasteiger partial charge in [0.05, 0.1) is 26.2 Å². The molecule has 1 fully saturated rings. The van der Waals surface area contributed by atoms with Crippen molar-refractivity contribution in [2.75, 3.05) is 26.9 Å². The lowest BCUT2D eigenvalue weighted by Crippen LogP contribution is -2.37. The third-order valence-electron chi connectivity index (χ3n) is 4.82. The number of nitrogens with one attached hydrogen (secondary N) is 2. The Labute approximate surface area is 176 Å². The van der Waals surface area contributed by atoms with Crippen LogP contribution >= 0.6 is 0 Å². The lowest BCUT2D eigenvalue weighted by molar-refractivity contribution is -0.125. The second-order valence-electron chi connectivity index (χ2n) is 7.15. The molecule has 2 amide bonds. The molecule has 0 spiro atoms. The third kappa shape index (κ3) is 6.77. The van der Waals surface area contributed by atoms with Crippen LogP contribution in [0.5, 0.6) is 11.5 Å². The van der Waals surface area contributed by atoms with E-state index in [1.54, 1.807) is 7.11 Å². The van der Waals surface area contributed by atoms with E-state index in [0.717, 1.165) is 30.6 Å². The summed E-state index contributed by atoms with van der Waals surface area (Å²) in [7, 11) is 1.58. The molecule has 1 saturated heterocycles. The van der Waals surface area contributed by atoms with Gasteiger partial charge in [0.15, 0.2) is 11.5 Å². The Kier molecular flexibility index (Phi) is 8.09. The second-order valence-corrected chi connectivity index (χ2v) is 7.15. The van der Waals surface area contributed by atoms with Gasteiger partial charge in [0.25, 0.3) is 0 Å². The summed E-state index contributed by atoms with van der Waals surface area (Å²) >= 11 is 0. The molecule has 2 aromatic rings. The minimum Gasteiger partial charge on any atom is -0.493 e. The van der Waals surface area contributed by atoms with Crippen molar-refractivity contribution in [3.8, 4) is 11.5 Å². The number of rotatable bonds is 10. The fourth-order valence-corrected chi connectivity index (χ4v) is 3.19. The molecule has 7 heteroatoms. The third-order valence-corrected chi connectivity index (χ3v) is 4.82. The van der Waals surface area contributed by atoms with Gasteiger partial charge in [-0.3, -0.25) is 9.59 Å². The minimum absolute atomic E-state index is 0.0641. The average Bonchev–Trinajstić information content (AvgIpc) is 3.29. The van der Waals surface area contributed by atoms with Crippen LogP contribution < -0.4 is 20.1 Å². The molecule has 7 nitrogen and oxygen atoms in total. The number of hydrogen-bond acceptors (Lipinski definition) is 5. The first-order valence-electron chi connectivity index (χ1n) is 10.1. The van der Waals surface area contributed by atoms with Crippen LogP contribution in [0.4, 0.5) is 0 Å². The molecule has 1 atom stereocenters. The summed E-state index contributed by atoms with van der Waals surface area (Å²) in [5.41, 5.74) is 1.78. The first-order valence-corrected chi connectivity index (χ1v) is 10.1. The molecular formula is C23H28N2O5. The maximum absolute atomic E-state index is 12.0. The van der Waals surface area contributed by atoms with E-state index in [4.69, 9.17) is 14.2 Å². The van der Waals surface area contributed by atoms with Gasteiger partial charge in [-0.25, -0.2) is 0 Å². The number of hydrogen-bond donors (Lipinski definition) is 2. The van der Waals surface area contributed by atoms with Crippen LogP contribution in [0, 0.1) is 0 Å². The first-order chi connectivity index (χ1) is 14.6. The summed E-state index contributed by atoms with van der Waals surface area (Å²) in [6.07, 6.45) is 2.45. The van der Waals surface area contributed by atoms with E-state index >= 15 is 0 Å². The lowest BCUT2D eigenvalue weighted by Gasteiger charge is -2.15. The summed E-state index contributed by atoms with van der Waals surface area (Å²) in [5, 5.41) is 5.43. The maximum Gasteiger partial charge on any atom is 0.239 e. The van der Waals surface area contributed by atoms with E-state index in [-0.39, 0.29) is 30.9 Å². The van der Waals surface area contributed by atoms with Crippen molar-refractivity contribution in [1.82, 2.24) is 10.6 Å². The summed E-state index contributed by atoms with van der Waals surface area (Å²) in [5.74, 6) is 0.812. The first kappa shape index (κ1) is 21.6. The average molecular weight is 412 g/mol. The van der Waals surface area contributed by atoms with Crippen LogP contribution in [-0.2, 0) is 27.3 Å². The highest BCUT2D eigenvalue weighted by molar-refractivity contribution is 5.85. The highest BCUT2D eigenvalue weighted by atomic mass is 16.5. The number of methoxy groups -OCH3 is 1. The summed E-state index contributed by atoms with van der Waals surface area (Å²) in [4.78, 5) is 24.0. The van der Waals surface area contributed by atoms with Crippen molar-refractivity contribution >= 4 is 11.8 Å². The Hall–Kier alpha value is -3.06. The van der Waals surface area contributed by atoms with Crippen molar-refractivity contribution in [1.29, 1.82) is 0 Å². The van der Waals surface area contributed by atoms with Gasteiger partial charge < -0.3 is 24.8 Å². The van der Waals surface area contributed by atoms with E-state index in [1.807, 2.05) is 48.5 Å². The van der Waals surface area contributed by atoms with Crippen LogP contribution in [-0.4, -0.2) is 44.8 Å². The van der Waals surface area contributed by atoms with Gasteiger partial charge in [0.1, 0.15) is 6.61 Å². The second kappa shape index (κ2) is 11.2. The molecule has 30 heavy (non-hydrogen) atoms. The normalized spacial score (nSPS) is 15.4. The monoisotopic (exact) mass is 412 g/mol. The van der Waals surface area contributed by atoms with Crippen LogP contribution in [0.15, 0.2) is 48.5 Å². The Morgan fingerprint density at radius 3 is 2.60 bits per heavy atom. The van der Waals surface area contributed by atoms with Gasteiger partial charge in [0.2, 0.25) is 11.8 Å². The molecule has 1 heterocycles. The molecule has 2 aromatic carbocycles. The zero-order valence-corrected chi connectivity index (χ0v) is 17.2. The Balaban J connectivity index is 1.41. The molecule has 0 aliphatic carbocycles. The Morgan fingerprint density at radius 1 is 1.03 bits per heavy atom. The smallest absolute Gasteiger partial charge is 0.239 e. The molecule has 0 bridgehead atoms. The maximum atomic E-state index is 12.0. The topological polar surface area (TPSA) is 85.9 Å². The van der Waals surface area contributed by atoms with E-state index in [1.165, 1.54) is 0 Å². The molecule has 0 saturated carbocycles. The number of benzene rings is 2.